The molecule has 0 spiro atoms. The molecule has 0 saturated heterocycles. The summed E-state index contributed by atoms with van der Waals surface area (Å²) >= 11 is 0. The largest absolute Gasteiger partial charge is 0.275 e. The first-order chi connectivity index (χ1) is 9.83. The Labute approximate surface area is 114 Å². The van der Waals surface area contributed by atoms with Crippen LogP contribution in [0.1, 0.15) is 0 Å². The Hall–Kier alpha value is -2.75. The van der Waals surface area contributed by atoms with E-state index in [0.717, 1.165) is 16.6 Å². The minimum atomic E-state index is -0.278. The van der Waals surface area contributed by atoms with E-state index >= 15 is 0 Å². The van der Waals surface area contributed by atoms with Crippen LogP contribution in [-0.4, -0.2) is 14.6 Å². The van der Waals surface area contributed by atoms with Crippen molar-refractivity contribution in [2.24, 2.45) is 0 Å². The van der Waals surface area contributed by atoms with Gasteiger partial charge in [-0.1, -0.05) is 30.3 Å². The Morgan fingerprint density at radius 3 is 2.65 bits per heavy atom. The Balaban J connectivity index is 2.12. The zero-order valence-electron chi connectivity index (χ0n) is 10.5. The van der Waals surface area contributed by atoms with Gasteiger partial charge in [-0.15, -0.1) is 10.2 Å². The van der Waals surface area contributed by atoms with Crippen molar-refractivity contribution < 1.29 is 4.39 Å². The normalized spacial score (nSPS) is 11.2. The summed E-state index contributed by atoms with van der Waals surface area (Å²) in [5, 5.41) is 9.46. The highest BCUT2D eigenvalue weighted by molar-refractivity contribution is 5.83. The van der Waals surface area contributed by atoms with E-state index in [0.29, 0.717) is 11.4 Å². The summed E-state index contributed by atoms with van der Waals surface area (Å²) in [6, 6.07) is 18.3. The molecule has 0 saturated carbocycles. The molecule has 0 fully saturated rings. The van der Waals surface area contributed by atoms with Gasteiger partial charge in [0.1, 0.15) is 5.82 Å². The number of hydrogen-bond acceptors (Lipinski definition) is 2. The summed E-state index contributed by atoms with van der Waals surface area (Å²) in [5.74, 6) is 0.371. The Morgan fingerprint density at radius 2 is 1.75 bits per heavy atom. The molecule has 0 atom stereocenters. The van der Waals surface area contributed by atoms with Crippen molar-refractivity contribution in [3.05, 3.63) is 66.5 Å². The van der Waals surface area contributed by atoms with Gasteiger partial charge in [-0.25, -0.2) is 4.39 Å². The lowest BCUT2D eigenvalue weighted by Crippen LogP contribution is -1.92. The Kier molecular flexibility index (Phi) is 2.29. The van der Waals surface area contributed by atoms with Crippen LogP contribution in [0.4, 0.5) is 4.39 Å². The predicted octanol–water partition coefficient (Wildman–Crippen LogP) is 3.69. The molecule has 3 nitrogen and oxygen atoms in total. The van der Waals surface area contributed by atoms with Crippen LogP contribution in [0.2, 0.25) is 0 Å². The van der Waals surface area contributed by atoms with Crippen LogP contribution in [0.25, 0.3) is 27.9 Å². The van der Waals surface area contributed by atoms with Gasteiger partial charge < -0.3 is 0 Å². The third kappa shape index (κ3) is 1.58. The fraction of sp³-hybridized carbons (Fsp3) is 0. The predicted molar refractivity (Wildman–Crippen MR) is 75.9 cm³/mol. The first-order valence-electron chi connectivity index (χ1n) is 6.32. The minimum absolute atomic E-state index is 0.278. The number of benzene rings is 2. The summed E-state index contributed by atoms with van der Waals surface area (Å²) in [7, 11) is 0. The SMILES string of the molecule is Fc1cccc(-c2nnc3ccc4ccccc4n23)c1. The molecule has 2 aromatic carbocycles. The van der Waals surface area contributed by atoms with Gasteiger partial charge in [0, 0.05) is 5.56 Å². The smallest absolute Gasteiger partial charge is 0.168 e. The average molecular weight is 263 g/mol. The van der Waals surface area contributed by atoms with E-state index in [-0.39, 0.29) is 5.82 Å². The molecule has 4 aromatic rings. The maximum Gasteiger partial charge on any atom is 0.168 e. The van der Waals surface area contributed by atoms with Gasteiger partial charge in [-0.05, 0) is 35.7 Å². The van der Waals surface area contributed by atoms with E-state index in [4.69, 9.17) is 0 Å². The van der Waals surface area contributed by atoms with E-state index < -0.39 is 0 Å². The van der Waals surface area contributed by atoms with E-state index in [1.165, 1.54) is 12.1 Å². The van der Waals surface area contributed by atoms with E-state index in [1.54, 1.807) is 6.07 Å². The number of pyridine rings is 1. The van der Waals surface area contributed by atoms with Crippen LogP contribution in [0.3, 0.4) is 0 Å². The van der Waals surface area contributed by atoms with E-state index in [9.17, 15) is 4.39 Å². The Morgan fingerprint density at radius 1 is 0.850 bits per heavy atom. The van der Waals surface area contributed by atoms with Gasteiger partial charge in [0.2, 0.25) is 0 Å². The quantitative estimate of drug-likeness (QED) is 0.524. The third-order valence-corrected chi connectivity index (χ3v) is 3.36. The molecule has 0 aliphatic carbocycles. The highest BCUT2D eigenvalue weighted by Gasteiger charge is 2.11. The first-order valence-corrected chi connectivity index (χ1v) is 6.32. The highest BCUT2D eigenvalue weighted by atomic mass is 19.1. The number of halogens is 1. The molecule has 2 heterocycles. The molecule has 0 bridgehead atoms. The molecule has 4 heteroatoms. The first kappa shape index (κ1) is 11.1. The summed E-state index contributed by atoms with van der Waals surface area (Å²) in [6.45, 7) is 0. The highest BCUT2D eigenvalue weighted by Crippen LogP contribution is 2.24. The van der Waals surface area contributed by atoms with Gasteiger partial charge in [0.25, 0.3) is 0 Å². The molecular formula is C16H10FN3. The maximum absolute atomic E-state index is 13.4. The van der Waals surface area contributed by atoms with E-state index in [1.807, 2.05) is 46.9 Å². The van der Waals surface area contributed by atoms with Gasteiger partial charge in [-0.3, -0.25) is 4.40 Å². The number of nitrogens with zero attached hydrogens (tertiary/aromatic N) is 3. The fourth-order valence-corrected chi connectivity index (χ4v) is 2.45. The van der Waals surface area contributed by atoms with Crippen LogP contribution in [0.5, 0.6) is 0 Å². The number of aromatic nitrogens is 3. The molecule has 0 aliphatic heterocycles. The van der Waals surface area contributed by atoms with Crippen molar-refractivity contribution in [3.8, 4) is 11.4 Å². The second-order valence-electron chi connectivity index (χ2n) is 4.62. The van der Waals surface area contributed by atoms with Crippen molar-refractivity contribution in [2.45, 2.75) is 0 Å². The third-order valence-electron chi connectivity index (χ3n) is 3.36. The molecule has 0 unspecified atom stereocenters. The van der Waals surface area contributed by atoms with Crippen LogP contribution in [-0.2, 0) is 0 Å². The molecule has 4 rings (SSSR count). The van der Waals surface area contributed by atoms with Crippen LogP contribution in [0, 0.1) is 5.82 Å². The van der Waals surface area contributed by atoms with E-state index in [2.05, 4.69) is 10.2 Å². The van der Waals surface area contributed by atoms with Crippen molar-refractivity contribution in [1.29, 1.82) is 0 Å². The Bertz CT molecular complexity index is 927. The van der Waals surface area contributed by atoms with Crippen LogP contribution < -0.4 is 0 Å². The summed E-state index contributed by atoms with van der Waals surface area (Å²) < 4.78 is 15.4. The molecule has 0 aliphatic rings. The van der Waals surface area contributed by atoms with Crippen molar-refractivity contribution >= 4 is 16.6 Å². The topological polar surface area (TPSA) is 30.2 Å². The molecular weight excluding hydrogens is 253 g/mol. The van der Waals surface area contributed by atoms with Gasteiger partial charge >= 0.3 is 0 Å². The second-order valence-corrected chi connectivity index (χ2v) is 4.62. The zero-order valence-corrected chi connectivity index (χ0v) is 10.5. The van der Waals surface area contributed by atoms with Crippen molar-refractivity contribution in [3.63, 3.8) is 0 Å². The lowest BCUT2D eigenvalue weighted by atomic mass is 10.2. The summed E-state index contributed by atoms with van der Waals surface area (Å²) in [4.78, 5) is 0. The van der Waals surface area contributed by atoms with Crippen LogP contribution in [0.15, 0.2) is 60.7 Å². The molecule has 20 heavy (non-hydrogen) atoms. The average Bonchev–Trinajstić information content (AvgIpc) is 2.91. The van der Waals surface area contributed by atoms with Crippen LogP contribution >= 0.6 is 0 Å². The number of para-hydroxylation sites is 1. The molecule has 2 aromatic heterocycles. The maximum atomic E-state index is 13.4. The molecule has 0 radical (unpaired) electrons. The lowest BCUT2D eigenvalue weighted by molar-refractivity contribution is 0.628. The lowest BCUT2D eigenvalue weighted by Gasteiger charge is -2.04. The van der Waals surface area contributed by atoms with Crippen molar-refractivity contribution in [2.75, 3.05) is 0 Å². The standard InChI is InChI=1S/C16H10FN3/c17-13-6-3-5-12(10-13)16-19-18-15-9-8-11-4-1-2-7-14(11)20(15)16/h1-10H. The van der Waals surface area contributed by atoms with Gasteiger partial charge in [-0.2, -0.15) is 0 Å². The summed E-state index contributed by atoms with van der Waals surface area (Å²) in [6.07, 6.45) is 0. The summed E-state index contributed by atoms with van der Waals surface area (Å²) in [5.41, 5.74) is 2.48. The van der Waals surface area contributed by atoms with Crippen molar-refractivity contribution in [1.82, 2.24) is 14.6 Å². The molecule has 96 valence electrons. The molecule has 0 amide bonds. The van der Waals surface area contributed by atoms with Gasteiger partial charge in [0.05, 0.1) is 5.52 Å². The number of hydrogen-bond donors (Lipinski definition) is 0. The fourth-order valence-electron chi connectivity index (χ4n) is 2.45. The number of fused-ring (bicyclic) bond motifs is 3. The zero-order chi connectivity index (χ0) is 13.5. The molecule has 0 N–H and O–H groups in total. The number of rotatable bonds is 1. The minimum Gasteiger partial charge on any atom is -0.275 e. The monoisotopic (exact) mass is 263 g/mol. The second kappa shape index (κ2) is 4.13. The van der Waals surface area contributed by atoms with Gasteiger partial charge in [0.15, 0.2) is 11.5 Å².